The molecule has 1 spiro atoms. The molecule has 4 atom stereocenters. The van der Waals surface area contributed by atoms with Crippen LogP contribution in [0.4, 0.5) is 0 Å². The number of carbonyl (C=O) groups excluding carboxylic acids is 1. The van der Waals surface area contributed by atoms with E-state index < -0.39 is 13.9 Å². The average Bonchev–Trinajstić information content (AvgIpc) is 3.38. The Labute approximate surface area is 198 Å². The Bertz CT molecular complexity index is 960. The topological polar surface area (TPSA) is 71.7 Å². The second-order valence-electron chi connectivity index (χ2n) is 11.3. The number of carbonyl (C=O) groups is 1. The van der Waals surface area contributed by atoms with Crippen molar-refractivity contribution in [2.75, 3.05) is 6.54 Å². The summed E-state index contributed by atoms with van der Waals surface area (Å²) in [5, 5.41) is 8.16. The lowest BCUT2D eigenvalue weighted by Gasteiger charge is -2.55. The van der Waals surface area contributed by atoms with Gasteiger partial charge in [0.2, 0.25) is 18.2 Å². The molecule has 4 rings (SSSR count). The molecule has 2 aliphatic rings. The zero-order valence-electron chi connectivity index (χ0n) is 21.0. The predicted molar refractivity (Wildman–Crippen MR) is 130 cm³/mol. The Morgan fingerprint density at radius 3 is 2.55 bits per heavy atom. The van der Waals surface area contributed by atoms with E-state index >= 15 is 0 Å². The lowest BCUT2D eigenvalue weighted by atomic mass is 9.83. The van der Waals surface area contributed by atoms with E-state index in [1.54, 1.807) is 0 Å². The zero-order valence-corrected chi connectivity index (χ0v) is 22.0. The quantitative estimate of drug-likeness (QED) is 0.428. The lowest BCUT2D eigenvalue weighted by Crippen LogP contribution is -2.73. The summed E-state index contributed by atoms with van der Waals surface area (Å²) in [6, 6.07) is 10.4. The van der Waals surface area contributed by atoms with Gasteiger partial charge in [-0.25, -0.2) is 0 Å². The van der Waals surface area contributed by atoms with Gasteiger partial charge in [-0.1, -0.05) is 51.1 Å². The van der Waals surface area contributed by atoms with E-state index in [-0.39, 0.29) is 23.1 Å². The summed E-state index contributed by atoms with van der Waals surface area (Å²) in [4.78, 5) is 18.2. The molecule has 2 fully saturated rings. The van der Waals surface area contributed by atoms with Gasteiger partial charge in [-0.3, -0.25) is 9.69 Å². The van der Waals surface area contributed by atoms with E-state index in [1.807, 2.05) is 17.9 Å². The number of likely N-dealkylation sites (tertiary alicyclic amines) is 2. The van der Waals surface area contributed by atoms with E-state index in [4.69, 9.17) is 8.84 Å². The molecule has 0 N–H and O–H groups in total. The van der Waals surface area contributed by atoms with Gasteiger partial charge in [-0.15, -0.1) is 10.2 Å². The van der Waals surface area contributed by atoms with Crippen LogP contribution in [0, 0.1) is 0 Å². The van der Waals surface area contributed by atoms with Crippen molar-refractivity contribution in [2.24, 2.45) is 0 Å². The summed E-state index contributed by atoms with van der Waals surface area (Å²) in [6.45, 7) is 16.8. The lowest BCUT2D eigenvalue weighted by molar-refractivity contribution is -0.173. The van der Waals surface area contributed by atoms with Gasteiger partial charge in [0.15, 0.2) is 8.32 Å². The largest absolute Gasteiger partial charge is 0.426 e. The van der Waals surface area contributed by atoms with Crippen LogP contribution in [0.2, 0.25) is 18.1 Å². The molecule has 180 valence electrons. The van der Waals surface area contributed by atoms with Crippen LogP contribution in [-0.2, 0) is 15.8 Å². The fourth-order valence-electron chi connectivity index (χ4n) is 5.08. The number of nitrogens with zero attached hydrogens (tertiary/aromatic N) is 4. The second kappa shape index (κ2) is 8.63. The number of aromatic nitrogens is 2. The summed E-state index contributed by atoms with van der Waals surface area (Å²) in [5.74, 6) is 0.599. The van der Waals surface area contributed by atoms with E-state index in [0.29, 0.717) is 18.5 Å². The Morgan fingerprint density at radius 1 is 1.27 bits per heavy atom. The number of amides is 1. The van der Waals surface area contributed by atoms with Gasteiger partial charge in [0.05, 0.1) is 6.10 Å². The summed E-state index contributed by atoms with van der Waals surface area (Å²) in [5.41, 5.74) is 0.782. The molecule has 2 aliphatic heterocycles. The van der Waals surface area contributed by atoms with Crippen LogP contribution in [0.15, 0.2) is 41.1 Å². The van der Waals surface area contributed by atoms with Crippen molar-refractivity contribution in [1.82, 2.24) is 20.0 Å². The van der Waals surface area contributed by atoms with Crippen LogP contribution in [0.1, 0.15) is 65.0 Å². The van der Waals surface area contributed by atoms with Gasteiger partial charge < -0.3 is 13.7 Å². The Morgan fingerprint density at radius 2 is 1.97 bits per heavy atom. The summed E-state index contributed by atoms with van der Waals surface area (Å²) in [7, 11) is -2.05. The van der Waals surface area contributed by atoms with Crippen molar-refractivity contribution in [3.63, 3.8) is 0 Å². The zero-order chi connectivity index (χ0) is 24.0. The molecule has 7 nitrogen and oxygen atoms in total. The maximum absolute atomic E-state index is 13.9. The van der Waals surface area contributed by atoms with Crippen molar-refractivity contribution in [3.05, 3.63) is 48.2 Å². The van der Waals surface area contributed by atoms with Crippen LogP contribution in [0.5, 0.6) is 0 Å². The molecule has 1 aromatic heterocycles. The number of rotatable bonds is 7. The van der Waals surface area contributed by atoms with Gasteiger partial charge in [0.25, 0.3) is 0 Å². The fraction of sp³-hybridized carbons (Fsp3) is 0.640. The standard InChI is InChI=1S/C25H38N4O3Si/c1-18-13-14-25(29(18)15-20-11-9-8-10-12-20)16-28(23(25)30)21(22-27-26-17-31-22)19(2)32-33(6,7)24(3,4)5/h8-12,17-19,21H,13-16H2,1-7H3/t18?,19-,21+,25?/m1/s1. The van der Waals surface area contributed by atoms with Crippen molar-refractivity contribution >= 4 is 14.2 Å². The predicted octanol–water partition coefficient (Wildman–Crippen LogP) is 4.79. The van der Waals surface area contributed by atoms with Gasteiger partial charge in [-0.2, -0.15) is 0 Å². The Hall–Kier alpha value is -2.03. The van der Waals surface area contributed by atoms with Crippen LogP contribution in [-0.4, -0.2) is 58.5 Å². The van der Waals surface area contributed by atoms with Crippen LogP contribution < -0.4 is 0 Å². The monoisotopic (exact) mass is 470 g/mol. The van der Waals surface area contributed by atoms with E-state index in [1.165, 1.54) is 12.0 Å². The third-order valence-corrected chi connectivity index (χ3v) is 12.6. The SMILES string of the molecule is CC1CCC2(CN([C@H](c3nnco3)[C@@H](C)O[Si](C)(C)C(C)(C)C)C2=O)N1Cc1ccccc1. The fourth-order valence-corrected chi connectivity index (χ4v) is 6.49. The van der Waals surface area contributed by atoms with E-state index in [9.17, 15) is 4.79 Å². The first-order valence-electron chi connectivity index (χ1n) is 12.0. The molecule has 0 saturated carbocycles. The van der Waals surface area contributed by atoms with Crippen LogP contribution in [0.25, 0.3) is 0 Å². The first-order valence-corrected chi connectivity index (χ1v) is 14.9. The minimum Gasteiger partial charge on any atom is -0.426 e. The molecule has 1 amide bonds. The Kier molecular flexibility index (Phi) is 6.31. The van der Waals surface area contributed by atoms with Gasteiger partial charge in [0.1, 0.15) is 11.6 Å². The van der Waals surface area contributed by atoms with Gasteiger partial charge in [-0.05, 0) is 50.4 Å². The second-order valence-corrected chi connectivity index (χ2v) is 16.0. The maximum Gasteiger partial charge on any atom is 0.245 e. The highest BCUT2D eigenvalue weighted by Gasteiger charge is 2.62. The third-order valence-electron chi connectivity index (χ3n) is 8.04. The average molecular weight is 471 g/mol. The molecule has 8 heteroatoms. The number of hydrogen-bond acceptors (Lipinski definition) is 6. The first kappa shape index (κ1) is 24.1. The first-order chi connectivity index (χ1) is 15.5. The summed E-state index contributed by atoms with van der Waals surface area (Å²) in [6.07, 6.45) is 2.99. The molecule has 2 saturated heterocycles. The molecular formula is C25H38N4O3Si. The van der Waals surface area contributed by atoms with Gasteiger partial charge in [0, 0.05) is 19.1 Å². The molecule has 3 heterocycles. The molecular weight excluding hydrogens is 432 g/mol. The van der Waals surface area contributed by atoms with Crippen molar-refractivity contribution in [2.45, 2.75) is 95.9 Å². The highest BCUT2D eigenvalue weighted by molar-refractivity contribution is 6.74. The van der Waals surface area contributed by atoms with E-state index in [2.05, 4.69) is 80.2 Å². The van der Waals surface area contributed by atoms with Crippen molar-refractivity contribution in [3.8, 4) is 0 Å². The molecule has 2 aromatic rings. The molecule has 0 bridgehead atoms. The molecule has 2 unspecified atom stereocenters. The maximum atomic E-state index is 13.9. The van der Waals surface area contributed by atoms with Crippen LogP contribution in [0.3, 0.4) is 0 Å². The van der Waals surface area contributed by atoms with Crippen LogP contribution >= 0.6 is 0 Å². The van der Waals surface area contributed by atoms with Gasteiger partial charge >= 0.3 is 0 Å². The number of hydrogen-bond donors (Lipinski definition) is 0. The molecule has 0 aliphatic carbocycles. The molecule has 33 heavy (non-hydrogen) atoms. The summed E-state index contributed by atoms with van der Waals surface area (Å²) < 4.78 is 12.3. The highest BCUT2D eigenvalue weighted by Crippen LogP contribution is 2.47. The normalized spacial score (nSPS) is 26.0. The minimum atomic E-state index is -2.05. The number of benzene rings is 1. The molecule has 1 aromatic carbocycles. The van der Waals surface area contributed by atoms with E-state index in [0.717, 1.165) is 19.4 Å². The van der Waals surface area contributed by atoms with Crippen molar-refractivity contribution in [1.29, 1.82) is 0 Å². The molecule has 0 radical (unpaired) electrons. The Balaban J connectivity index is 1.57. The summed E-state index contributed by atoms with van der Waals surface area (Å²) >= 11 is 0. The van der Waals surface area contributed by atoms with Crippen molar-refractivity contribution < 1.29 is 13.6 Å². The highest BCUT2D eigenvalue weighted by atomic mass is 28.4. The smallest absolute Gasteiger partial charge is 0.245 e. The third kappa shape index (κ3) is 4.28. The minimum absolute atomic E-state index is 0.0637. The number of β-lactam (4-membered cyclic amide) rings is 1.